The Morgan fingerprint density at radius 3 is 3.20 bits per heavy atom. The minimum Gasteiger partial charge on any atom is -0.354 e. The first kappa shape index (κ1) is 8.88. The molecule has 0 amide bonds. The van der Waals surface area contributed by atoms with Crippen LogP contribution < -0.4 is 5.32 Å². The van der Waals surface area contributed by atoms with Crippen LogP contribution >= 0.6 is 0 Å². The van der Waals surface area contributed by atoms with Crippen molar-refractivity contribution in [3.63, 3.8) is 0 Å². The second-order valence-electron chi connectivity index (χ2n) is 3.68. The monoisotopic (exact) mass is 203 g/mol. The van der Waals surface area contributed by atoms with Gasteiger partial charge in [0.1, 0.15) is 0 Å². The van der Waals surface area contributed by atoms with Crippen LogP contribution in [-0.4, -0.2) is 29.5 Å². The van der Waals surface area contributed by atoms with Gasteiger partial charge in [-0.15, -0.1) is 0 Å². The molecule has 3 rings (SSSR count). The minimum absolute atomic E-state index is 0.0265. The fourth-order valence-corrected chi connectivity index (χ4v) is 1.93. The van der Waals surface area contributed by atoms with Gasteiger partial charge >= 0.3 is 0 Å². The standard InChI is InChI=1S/C11H13N3O/c1-2-4-10-9(3-1)7-13-14(10)11-8-12-5-6-15-11/h1-4,7,11-12H,5-6,8H2. The van der Waals surface area contributed by atoms with Gasteiger partial charge in [-0.2, -0.15) is 5.10 Å². The molecule has 2 heterocycles. The van der Waals surface area contributed by atoms with Gasteiger partial charge in [-0.25, -0.2) is 4.68 Å². The number of morpholine rings is 1. The summed E-state index contributed by atoms with van der Waals surface area (Å²) in [6, 6.07) is 8.18. The van der Waals surface area contributed by atoms with Gasteiger partial charge < -0.3 is 10.1 Å². The van der Waals surface area contributed by atoms with Crippen molar-refractivity contribution in [3.05, 3.63) is 30.5 Å². The Morgan fingerprint density at radius 2 is 2.33 bits per heavy atom. The molecule has 78 valence electrons. The van der Waals surface area contributed by atoms with Crippen LogP contribution in [0.4, 0.5) is 0 Å². The van der Waals surface area contributed by atoms with Crippen molar-refractivity contribution < 1.29 is 4.74 Å². The first-order valence-electron chi connectivity index (χ1n) is 5.20. The quantitative estimate of drug-likeness (QED) is 0.755. The molecule has 1 atom stereocenters. The molecule has 1 unspecified atom stereocenters. The highest BCUT2D eigenvalue weighted by molar-refractivity contribution is 5.78. The number of hydrogen-bond acceptors (Lipinski definition) is 3. The van der Waals surface area contributed by atoms with Crippen molar-refractivity contribution in [3.8, 4) is 0 Å². The number of para-hydroxylation sites is 1. The van der Waals surface area contributed by atoms with Crippen LogP contribution in [0.25, 0.3) is 10.9 Å². The lowest BCUT2D eigenvalue weighted by Gasteiger charge is -2.24. The Hall–Kier alpha value is -1.39. The van der Waals surface area contributed by atoms with E-state index in [1.807, 2.05) is 23.0 Å². The van der Waals surface area contributed by atoms with Gasteiger partial charge in [-0.3, -0.25) is 0 Å². The van der Waals surface area contributed by atoms with Crippen LogP contribution in [0.2, 0.25) is 0 Å². The van der Waals surface area contributed by atoms with Gasteiger partial charge in [0, 0.05) is 18.5 Å². The van der Waals surface area contributed by atoms with Crippen molar-refractivity contribution in [2.24, 2.45) is 0 Å². The zero-order chi connectivity index (χ0) is 10.1. The van der Waals surface area contributed by atoms with E-state index in [0.29, 0.717) is 0 Å². The van der Waals surface area contributed by atoms with E-state index < -0.39 is 0 Å². The number of aromatic nitrogens is 2. The third kappa shape index (κ3) is 1.52. The number of nitrogens with zero attached hydrogens (tertiary/aromatic N) is 2. The van der Waals surface area contributed by atoms with Crippen LogP contribution in [0, 0.1) is 0 Å². The number of fused-ring (bicyclic) bond motifs is 1. The highest BCUT2D eigenvalue weighted by atomic mass is 16.5. The molecule has 1 aromatic carbocycles. The number of hydrogen-bond donors (Lipinski definition) is 1. The van der Waals surface area contributed by atoms with Crippen LogP contribution in [0.3, 0.4) is 0 Å². The van der Waals surface area contributed by atoms with Crippen molar-refractivity contribution >= 4 is 10.9 Å². The summed E-state index contributed by atoms with van der Waals surface area (Å²) >= 11 is 0. The molecule has 1 aliphatic rings. The van der Waals surface area contributed by atoms with E-state index in [1.54, 1.807) is 0 Å². The summed E-state index contributed by atoms with van der Waals surface area (Å²) in [6.07, 6.45) is 1.91. The molecule has 1 saturated heterocycles. The largest absolute Gasteiger partial charge is 0.354 e. The maximum atomic E-state index is 5.67. The van der Waals surface area contributed by atoms with E-state index in [4.69, 9.17) is 4.74 Å². The molecule has 1 aliphatic heterocycles. The van der Waals surface area contributed by atoms with Gasteiger partial charge in [-0.05, 0) is 6.07 Å². The summed E-state index contributed by atoms with van der Waals surface area (Å²) in [6.45, 7) is 2.50. The predicted octanol–water partition coefficient (Wildman–Crippen LogP) is 1.15. The maximum Gasteiger partial charge on any atom is 0.163 e. The third-order valence-corrected chi connectivity index (χ3v) is 2.69. The average Bonchev–Trinajstić information content (AvgIpc) is 2.74. The van der Waals surface area contributed by atoms with Crippen LogP contribution in [0.15, 0.2) is 30.5 Å². The summed E-state index contributed by atoms with van der Waals surface area (Å²) in [5.41, 5.74) is 1.13. The van der Waals surface area contributed by atoms with E-state index in [1.165, 1.54) is 0 Å². The van der Waals surface area contributed by atoms with Gasteiger partial charge in [0.05, 0.1) is 18.3 Å². The summed E-state index contributed by atoms with van der Waals surface area (Å²) in [5.74, 6) is 0. The minimum atomic E-state index is 0.0265. The van der Waals surface area contributed by atoms with Crippen LogP contribution in [0.5, 0.6) is 0 Å². The third-order valence-electron chi connectivity index (χ3n) is 2.69. The molecule has 1 N–H and O–H groups in total. The predicted molar refractivity (Wildman–Crippen MR) is 57.6 cm³/mol. The topological polar surface area (TPSA) is 39.1 Å². The van der Waals surface area contributed by atoms with Crippen molar-refractivity contribution in [2.75, 3.05) is 19.7 Å². The molecule has 15 heavy (non-hydrogen) atoms. The van der Waals surface area contributed by atoms with Crippen molar-refractivity contribution in [1.82, 2.24) is 15.1 Å². The molecular weight excluding hydrogens is 190 g/mol. The molecule has 0 spiro atoms. The van der Waals surface area contributed by atoms with E-state index in [2.05, 4.69) is 22.5 Å². The number of benzene rings is 1. The zero-order valence-electron chi connectivity index (χ0n) is 8.39. The smallest absolute Gasteiger partial charge is 0.163 e. The van der Waals surface area contributed by atoms with Crippen molar-refractivity contribution in [2.45, 2.75) is 6.23 Å². The molecule has 2 aromatic rings. The Balaban J connectivity index is 2.02. The maximum absolute atomic E-state index is 5.67. The van der Waals surface area contributed by atoms with Gasteiger partial charge in [0.15, 0.2) is 6.23 Å². The normalized spacial score (nSPS) is 22.0. The molecule has 1 fully saturated rings. The summed E-state index contributed by atoms with van der Waals surface area (Å²) < 4.78 is 7.61. The second kappa shape index (κ2) is 3.64. The molecule has 1 aromatic heterocycles. The molecule has 0 bridgehead atoms. The Morgan fingerprint density at radius 1 is 1.40 bits per heavy atom. The Labute approximate surface area is 87.8 Å². The molecule has 4 nitrogen and oxygen atoms in total. The fourth-order valence-electron chi connectivity index (χ4n) is 1.93. The average molecular weight is 203 g/mol. The summed E-state index contributed by atoms with van der Waals surface area (Å²) in [7, 11) is 0. The van der Waals surface area contributed by atoms with Gasteiger partial charge in [0.25, 0.3) is 0 Å². The number of nitrogens with one attached hydrogen (secondary N) is 1. The molecule has 0 saturated carbocycles. The highest BCUT2D eigenvalue weighted by Gasteiger charge is 2.17. The number of ether oxygens (including phenoxy) is 1. The highest BCUT2D eigenvalue weighted by Crippen LogP contribution is 2.18. The summed E-state index contributed by atoms with van der Waals surface area (Å²) in [5, 5.41) is 8.83. The van der Waals surface area contributed by atoms with E-state index in [9.17, 15) is 0 Å². The van der Waals surface area contributed by atoms with Crippen molar-refractivity contribution in [1.29, 1.82) is 0 Å². The van der Waals surface area contributed by atoms with E-state index >= 15 is 0 Å². The Kier molecular flexibility index (Phi) is 2.16. The van der Waals surface area contributed by atoms with Gasteiger partial charge in [-0.1, -0.05) is 18.2 Å². The number of rotatable bonds is 1. The SMILES string of the molecule is c1ccc2c(c1)cnn2C1CNCCO1. The second-order valence-corrected chi connectivity index (χ2v) is 3.68. The van der Waals surface area contributed by atoms with E-state index in [0.717, 1.165) is 30.6 Å². The Bertz CT molecular complexity index is 460. The fraction of sp³-hybridized carbons (Fsp3) is 0.364. The molecular formula is C11H13N3O. The lowest BCUT2D eigenvalue weighted by Crippen LogP contribution is -2.36. The van der Waals surface area contributed by atoms with Crippen LogP contribution in [-0.2, 0) is 4.74 Å². The van der Waals surface area contributed by atoms with Crippen LogP contribution in [0.1, 0.15) is 6.23 Å². The first-order valence-corrected chi connectivity index (χ1v) is 5.20. The van der Waals surface area contributed by atoms with Gasteiger partial charge in [0.2, 0.25) is 0 Å². The lowest BCUT2D eigenvalue weighted by atomic mass is 10.2. The van der Waals surface area contributed by atoms with E-state index in [-0.39, 0.29) is 6.23 Å². The molecule has 4 heteroatoms. The molecule has 0 aliphatic carbocycles. The zero-order valence-corrected chi connectivity index (χ0v) is 8.39. The first-order chi connectivity index (χ1) is 7.45. The lowest BCUT2D eigenvalue weighted by molar-refractivity contribution is -0.0242. The summed E-state index contributed by atoms with van der Waals surface area (Å²) in [4.78, 5) is 0. The molecule has 0 radical (unpaired) electrons.